The second kappa shape index (κ2) is 13.5. The maximum absolute atomic E-state index is 13.6. The number of carbonyl (C=O) groups is 3. The molecule has 2 saturated heterocycles. The summed E-state index contributed by atoms with van der Waals surface area (Å²) < 4.78 is 11.4. The number of rotatable bonds is 14. The molecule has 1 aromatic carbocycles. The molecule has 4 rings (SSSR count). The zero-order valence-corrected chi connectivity index (χ0v) is 23.8. The van der Waals surface area contributed by atoms with Crippen molar-refractivity contribution in [3.05, 3.63) is 23.3 Å². The van der Waals surface area contributed by atoms with Gasteiger partial charge in [-0.1, -0.05) is 32.8 Å². The van der Waals surface area contributed by atoms with Crippen LogP contribution in [0.5, 0.6) is 11.5 Å². The van der Waals surface area contributed by atoms with Gasteiger partial charge in [-0.25, -0.2) is 0 Å². The number of aliphatic carboxylic acids is 1. The average Bonchev–Trinajstić information content (AvgIpc) is 3.65. The lowest BCUT2D eigenvalue weighted by molar-refractivity contribution is -0.144. The summed E-state index contributed by atoms with van der Waals surface area (Å²) in [5.41, 5.74) is 1.95. The summed E-state index contributed by atoms with van der Waals surface area (Å²) in [6.07, 6.45) is 6.62. The van der Waals surface area contributed by atoms with Crippen molar-refractivity contribution in [2.75, 3.05) is 53.0 Å². The van der Waals surface area contributed by atoms with Crippen LogP contribution in [0.4, 0.5) is 0 Å². The number of benzene rings is 1. The minimum Gasteiger partial charge on any atom is -0.493 e. The summed E-state index contributed by atoms with van der Waals surface area (Å²) in [5, 5.41) is 10.5. The Kier molecular flexibility index (Phi) is 10.1. The van der Waals surface area contributed by atoms with Gasteiger partial charge in [0, 0.05) is 63.1 Å². The maximum atomic E-state index is 13.6. The van der Waals surface area contributed by atoms with Gasteiger partial charge in [0.05, 0.1) is 26.2 Å². The lowest BCUT2D eigenvalue weighted by atomic mass is 9.83. The van der Waals surface area contributed by atoms with Crippen molar-refractivity contribution in [3.63, 3.8) is 0 Å². The molecule has 3 atom stereocenters. The number of hydrogen-bond acceptors (Lipinski definition) is 6. The topological polar surface area (TPSA) is 99.6 Å². The van der Waals surface area contributed by atoms with E-state index in [9.17, 15) is 19.5 Å². The van der Waals surface area contributed by atoms with Crippen LogP contribution in [0.3, 0.4) is 0 Å². The molecule has 9 nitrogen and oxygen atoms in total. The van der Waals surface area contributed by atoms with Crippen molar-refractivity contribution in [3.8, 4) is 11.5 Å². The molecular weight excluding hydrogens is 498 g/mol. The van der Waals surface area contributed by atoms with Crippen molar-refractivity contribution in [1.29, 1.82) is 0 Å². The van der Waals surface area contributed by atoms with Crippen LogP contribution in [0.2, 0.25) is 0 Å². The van der Waals surface area contributed by atoms with Crippen molar-refractivity contribution in [2.45, 2.75) is 77.2 Å². The van der Waals surface area contributed by atoms with Gasteiger partial charge in [-0.15, -0.1) is 0 Å². The molecule has 2 fully saturated rings. The van der Waals surface area contributed by atoms with Crippen LogP contribution in [0, 0.1) is 5.92 Å². The number of methoxy groups -OCH3 is 1. The second-order valence-corrected chi connectivity index (χ2v) is 11.1. The van der Waals surface area contributed by atoms with Crippen LogP contribution in [0.1, 0.15) is 75.8 Å². The second-order valence-electron chi connectivity index (χ2n) is 11.1. The minimum atomic E-state index is -0.864. The highest BCUT2D eigenvalue weighted by molar-refractivity contribution is 5.79. The third-order valence-corrected chi connectivity index (χ3v) is 8.57. The monoisotopic (exact) mass is 543 g/mol. The van der Waals surface area contributed by atoms with Crippen molar-refractivity contribution in [1.82, 2.24) is 14.7 Å². The van der Waals surface area contributed by atoms with Gasteiger partial charge < -0.3 is 24.4 Å². The third-order valence-electron chi connectivity index (χ3n) is 8.57. The van der Waals surface area contributed by atoms with Crippen LogP contribution >= 0.6 is 0 Å². The van der Waals surface area contributed by atoms with E-state index >= 15 is 0 Å². The fraction of sp³-hybridized carbons (Fsp3) is 0.700. The van der Waals surface area contributed by atoms with E-state index in [0.29, 0.717) is 38.3 Å². The van der Waals surface area contributed by atoms with Gasteiger partial charge in [-0.05, 0) is 37.3 Å². The van der Waals surface area contributed by atoms with Crippen LogP contribution in [0.15, 0.2) is 12.1 Å². The maximum Gasteiger partial charge on any atom is 0.308 e. The third kappa shape index (κ3) is 6.68. The van der Waals surface area contributed by atoms with Crippen LogP contribution in [-0.4, -0.2) is 96.6 Å². The number of hydrogen-bond donors (Lipinski definition) is 1. The molecule has 0 bridgehead atoms. The molecule has 0 spiro atoms. The Morgan fingerprint density at radius 2 is 1.90 bits per heavy atom. The summed E-state index contributed by atoms with van der Waals surface area (Å²) in [5.74, 6) is -0.295. The first-order chi connectivity index (χ1) is 18.9. The SMILES string of the molecule is CCCCN(CCCC)C(=O)CN1C[C@H](c2cc3c(c(OC)c2)OCC3)C(C(=O)O)[C@@H]1CCN1CCCC1=O. The van der Waals surface area contributed by atoms with Gasteiger partial charge in [0.25, 0.3) is 0 Å². The number of carbonyl (C=O) groups excluding carboxylic acids is 2. The number of likely N-dealkylation sites (tertiary alicyclic amines) is 2. The zero-order chi connectivity index (χ0) is 27.9. The smallest absolute Gasteiger partial charge is 0.308 e. The van der Waals surface area contributed by atoms with Crippen molar-refractivity contribution >= 4 is 17.8 Å². The van der Waals surface area contributed by atoms with Crippen LogP contribution in [0.25, 0.3) is 0 Å². The molecule has 0 aromatic heterocycles. The predicted molar refractivity (Wildman–Crippen MR) is 148 cm³/mol. The van der Waals surface area contributed by atoms with E-state index in [4.69, 9.17) is 9.47 Å². The standard InChI is InChI=1S/C30H45N3O6/c1-4-6-12-31(13-7-5-2)27(35)20-33-19-23(22-17-21-11-16-39-29(21)25(18-22)38-3)28(30(36)37)24(33)10-15-32-14-8-9-26(32)34/h17-18,23-24,28H,4-16,19-20H2,1-3H3,(H,36,37)/t23-,24+,28?/m1/s1. The van der Waals surface area contributed by atoms with Gasteiger partial charge in [0.2, 0.25) is 11.8 Å². The highest BCUT2D eigenvalue weighted by atomic mass is 16.5. The molecule has 39 heavy (non-hydrogen) atoms. The van der Waals surface area contributed by atoms with E-state index < -0.39 is 11.9 Å². The molecule has 9 heteroatoms. The zero-order valence-electron chi connectivity index (χ0n) is 23.8. The van der Waals surface area contributed by atoms with Gasteiger partial charge in [0.1, 0.15) is 0 Å². The largest absolute Gasteiger partial charge is 0.493 e. The summed E-state index contributed by atoms with van der Waals surface area (Å²) >= 11 is 0. The van der Waals surface area contributed by atoms with Gasteiger partial charge in [-0.3, -0.25) is 19.3 Å². The Balaban J connectivity index is 1.62. The molecule has 3 aliphatic heterocycles. The van der Waals surface area contributed by atoms with E-state index in [0.717, 1.165) is 75.0 Å². The first kappa shape index (κ1) is 29.2. The Hall–Kier alpha value is -2.81. The Morgan fingerprint density at radius 1 is 1.15 bits per heavy atom. The fourth-order valence-electron chi connectivity index (χ4n) is 6.41. The molecule has 2 amide bonds. The molecule has 3 aliphatic rings. The van der Waals surface area contributed by atoms with E-state index in [1.165, 1.54) is 0 Å². The minimum absolute atomic E-state index is 0.0591. The summed E-state index contributed by atoms with van der Waals surface area (Å²) in [7, 11) is 1.60. The van der Waals surface area contributed by atoms with Crippen LogP contribution < -0.4 is 9.47 Å². The predicted octanol–water partition coefficient (Wildman–Crippen LogP) is 3.54. The highest BCUT2D eigenvalue weighted by Gasteiger charge is 2.47. The van der Waals surface area contributed by atoms with E-state index in [-0.39, 0.29) is 30.3 Å². The number of carboxylic acids is 1. The lowest BCUT2D eigenvalue weighted by Gasteiger charge is -2.30. The molecule has 0 saturated carbocycles. The Bertz CT molecular complexity index is 1020. The number of unbranched alkanes of at least 4 members (excludes halogenated alkanes) is 2. The van der Waals surface area contributed by atoms with E-state index in [1.807, 2.05) is 15.9 Å². The highest BCUT2D eigenvalue weighted by Crippen LogP contribution is 2.44. The lowest BCUT2D eigenvalue weighted by Crippen LogP contribution is -2.45. The van der Waals surface area contributed by atoms with E-state index in [2.05, 4.69) is 24.8 Å². The van der Waals surface area contributed by atoms with E-state index in [1.54, 1.807) is 7.11 Å². The number of carboxylic acid groups (broad SMARTS) is 1. The fourth-order valence-corrected chi connectivity index (χ4v) is 6.41. The summed E-state index contributed by atoms with van der Waals surface area (Å²) in [4.78, 5) is 44.6. The van der Waals surface area contributed by atoms with Gasteiger partial charge in [0.15, 0.2) is 11.5 Å². The average molecular weight is 544 g/mol. The summed E-state index contributed by atoms with van der Waals surface area (Å²) in [6, 6.07) is 3.62. The molecular formula is C30H45N3O6. The van der Waals surface area contributed by atoms with Gasteiger partial charge >= 0.3 is 5.97 Å². The molecule has 0 aliphatic carbocycles. The number of nitrogens with zero attached hydrogens (tertiary/aromatic N) is 3. The number of fused-ring (bicyclic) bond motifs is 1. The van der Waals surface area contributed by atoms with Crippen molar-refractivity contribution in [2.24, 2.45) is 5.92 Å². The van der Waals surface area contributed by atoms with Crippen molar-refractivity contribution < 1.29 is 29.0 Å². The molecule has 3 heterocycles. The number of amides is 2. The first-order valence-corrected chi connectivity index (χ1v) is 14.7. The normalized spacial score (nSPS) is 22.7. The molecule has 1 N–H and O–H groups in total. The first-order valence-electron chi connectivity index (χ1n) is 14.7. The molecule has 1 unspecified atom stereocenters. The summed E-state index contributed by atoms with van der Waals surface area (Å²) in [6.45, 7) is 8.18. The molecule has 0 radical (unpaired) electrons. The Labute approximate surface area is 232 Å². The quantitative estimate of drug-likeness (QED) is 0.383. The van der Waals surface area contributed by atoms with Gasteiger partial charge in [-0.2, -0.15) is 0 Å². The number of ether oxygens (including phenoxy) is 2. The molecule has 216 valence electrons. The molecule has 1 aromatic rings. The van der Waals surface area contributed by atoms with Crippen LogP contribution in [-0.2, 0) is 20.8 Å². The Morgan fingerprint density at radius 3 is 2.51 bits per heavy atom.